The van der Waals surface area contributed by atoms with Crippen LogP contribution in [0.3, 0.4) is 0 Å². The Bertz CT molecular complexity index is 281. The monoisotopic (exact) mass is 180 g/mol. The van der Waals surface area contributed by atoms with Crippen LogP contribution in [0.15, 0.2) is 18.2 Å². The van der Waals surface area contributed by atoms with E-state index in [1.165, 1.54) is 0 Å². The van der Waals surface area contributed by atoms with E-state index < -0.39 is 0 Å². The Balaban J connectivity index is 3.03. The lowest BCUT2D eigenvalue weighted by Crippen LogP contribution is -1.98. The van der Waals surface area contributed by atoms with Crippen LogP contribution in [0.25, 0.3) is 0 Å². The van der Waals surface area contributed by atoms with Crippen LogP contribution in [0.1, 0.15) is 30.6 Å². The largest absolute Gasteiger partial charge is 0.497 e. The van der Waals surface area contributed by atoms with Crippen molar-refractivity contribution >= 4 is 0 Å². The fourth-order valence-electron chi connectivity index (χ4n) is 1.32. The van der Waals surface area contributed by atoms with Gasteiger partial charge < -0.3 is 9.84 Å². The van der Waals surface area contributed by atoms with Gasteiger partial charge in [-0.1, -0.05) is 13.0 Å². The number of hydrogen-bond acceptors (Lipinski definition) is 2. The Morgan fingerprint density at radius 2 is 2.15 bits per heavy atom. The molecule has 72 valence electrons. The quantitative estimate of drug-likeness (QED) is 0.774. The van der Waals surface area contributed by atoms with Crippen LogP contribution in [-0.2, 0) is 0 Å². The molecular formula is C11H16O2. The van der Waals surface area contributed by atoms with Gasteiger partial charge in [-0.05, 0) is 36.6 Å². The first-order valence-corrected chi connectivity index (χ1v) is 4.51. The van der Waals surface area contributed by atoms with Crippen molar-refractivity contribution in [2.45, 2.75) is 26.4 Å². The van der Waals surface area contributed by atoms with E-state index in [9.17, 15) is 5.11 Å². The highest BCUT2D eigenvalue weighted by atomic mass is 16.5. The summed E-state index contributed by atoms with van der Waals surface area (Å²) >= 11 is 0. The Morgan fingerprint density at radius 1 is 1.46 bits per heavy atom. The summed E-state index contributed by atoms with van der Waals surface area (Å²) in [6.07, 6.45) is 0.351. The average Bonchev–Trinajstić information content (AvgIpc) is 2.17. The van der Waals surface area contributed by atoms with Crippen LogP contribution in [0, 0.1) is 6.92 Å². The lowest BCUT2D eigenvalue weighted by atomic mass is 10.0. The zero-order chi connectivity index (χ0) is 9.84. The topological polar surface area (TPSA) is 29.5 Å². The first-order valence-electron chi connectivity index (χ1n) is 4.51. The molecule has 13 heavy (non-hydrogen) atoms. The third kappa shape index (κ3) is 2.22. The predicted octanol–water partition coefficient (Wildman–Crippen LogP) is 2.45. The third-order valence-electron chi connectivity index (χ3n) is 2.23. The molecule has 0 aromatic heterocycles. The first-order chi connectivity index (χ1) is 6.19. The Kier molecular flexibility index (Phi) is 3.32. The number of hydrogen-bond donors (Lipinski definition) is 1. The number of rotatable bonds is 3. The number of ether oxygens (including phenoxy) is 1. The second-order valence-electron chi connectivity index (χ2n) is 3.15. The van der Waals surface area contributed by atoms with Gasteiger partial charge in [0.05, 0.1) is 13.2 Å². The molecule has 0 radical (unpaired) electrons. The molecule has 0 heterocycles. The normalized spacial score (nSPS) is 12.6. The maximum absolute atomic E-state index is 9.67. The lowest BCUT2D eigenvalue weighted by molar-refractivity contribution is 0.172. The van der Waals surface area contributed by atoms with Gasteiger partial charge in [-0.3, -0.25) is 0 Å². The van der Waals surface area contributed by atoms with Crippen molar-refractivity contribution in [1.29, 1.82) is 0 Å². The van der Waals surface area contributed by atoms with Crippen LogP contribution in [-0.4, -0.2) is 12.2 Å². The third-order valence-corrected chi connectivity index (χ3v) is 2.23. The van der Waals surface area contributed by atoms with E-state index >= 15 is 0 Å². The fourth-order valence-corrected chi connectivity index (χ4v) is 1.32. The average molecular weight is 180 g/mol. The molecule has 2 heteroatoms. The van der Waals surface area contributed by atoms with Crippen molar-refractivity contribution in [3.05, 3.63) is 29.3 Å². The first kappa shape index (κ1) is 10.1. The smallest absolute Gasteiger partial charge is 0.119 e. The molecule has 0 amide bonds. The van der Waals surface area contributed by atoms with E-state index in [2.05, 4.69) is 0 Å². The number of aryl methyl sites for hydroxylation is 1. The molecule has 1 unspecified atom stereocenters. The van der Waals surface area contributed by atoms with Crippen molar-refractivity contribution < 1.29 is 9.84 Å². The van der Waals surface area contributed by atoms with Gasteiger partial charge in [-0.2, -0.15) is 0 Å². The van der Waals surface area contributed by atoms with E-state index in [-0.39, 0.29) is 6.10 Å². The van der Waals surface area contributed by atoms with E-state index in [1.54, 1.807) is 7.11 Å². The maximum atomic E-state index is 9.67. The molecule has 0 saturated heterocycles. The number of benzene rings is 1. The molecule has 2 nitrogen and oxygen atoms in total. The molecule has 0 aliphatic rings. The van der Waals surface area contributed by atoms with Crippen molar-refractivity contribution in [2.24, 2.45) is 0 Å². The van der Waals surface area contributed by atoms with Crippen molar-refractivity contribution in [3.8, 4) is 5.75 Å². The summed E-state index contributed by atoms with van der Waals surface area (Å²) in [5.41, 5.74) is 2.07. The van der Waals surface area contributed by atoms with Gasteiger partial charge in [0.2, 0.25) is 0 Å². The van der Waals surface area contributed by atoms with Crippen LogP contribution >= 0.6 is 0 Å². The lowest BCUT2D eigenvalue weighted by Gasteiger charge is -2.12. The second-order valence-corrected chi connectivity index (χ2v) is 3.15. The zero-order valence-electron chi connectivity index (χ0n) is 8.37. The Hall–Kier alpha value is -1.02. The second kappa shape index (κ2) is 4.28. The van der Waals surface area contributed by atoms with Gasteiger partial charge in [0.1, 0.15) is 5.75 Å². The summed E-state index contributed by atoms with van der Waals surface area (Å²) in [5, 5.41) is 9.67. The summed E-state index contributed by atoms with van der Waals surface area (Å²) < 4.78 is 5.09. The molecule has 0 fully saturated rings. The van der Waals surface area contributed by atoms with Crippen molar-refractivity contribution in [3.63, 3.8) is 0 Å². The summed E-state index contributed by atoms with van der Waals surface area (Å²) in [6.45, 7) is 3.96. The highest BCUT2D eigenvalue weighted by Gasteiger charge is 2.08. The van der Waals surface area contributed by atoms with E-state index in [1.807, 2.05) is 32.0 Å². The summed E-state index contributed by atoms with van der Waals surface area (Å²) in [5.74, 6) is 0.799. The molecule has 0 aliphatic heterocycles. The van der Waals surface area contributed by atoms with Crippen LogP contribution < -0.4 is 4.74 Å². The van der Waals surface area contributed by atoms with E-state index in [0.717, 1.165) is 23.3 Å². The standard InChI is InChI=1S/C11H16O2/c1-4-11(12)10-7-9(13-3)6-5-8(10)2/h5-7,11-12H,4H2,1-3H3. The molecule has 1 atom stereocenters. The van der Waals surface area contributed by atoms with Crippen LogP contribution in [0.5, 0.6) is 5.75 Å². The fraction of sp³-hybridized carbons (Fsp3) is 0.455. The van der Waals surface area contributed by atoms with E-state index in [0.29, 0.717) is 0 Å². The minimum absolute atomic E-state index is 0.380. The van der Waals surface area contributed by atoms with Gasteiger partial charge in [0, 0.05) is 0 Å². The number of aliphatic hydroxyl groups excluding tert-OH is 1. The Labute approximate surface area is 79.2 Å². The van der Waals surface area contributed by atoms with Crippen LogP contribution in [0.4, 0.5) is 0 Å². The highest BCUT2D eigenvalue weighted by molar-refractivity contribution is 5.36. The maximum Gasteiger partial charge on any atom is 0.119 e. The number of aliphatic hydroxyl groups is 1. The molecule has 0 saturated carbocycles. The van der Waals surface area contributed by atoms with Gasteiger partial charge in [0.15, 0.2) is 0 Å². The summed E-state index contributed by atoms with van der Waals surface area (Å²) in [6, 6.07) is 5.76. The van der Waals surface area contributed by atoms with Gasteiger partial charge in [0.25, 0.3) is 0 Å². The highest BCUT2D eigenvalue weighted by Crippen LogP contribution is 2.24. The van der Waals surface area contributed by atoms with E-state index in [4.69, 9.17) is 4.74 Å². The van der Waals surface area contributed by atoms with Crippen LogP contribution in [0.2, 0.25) is 0 Å². The Morgan fingerprint density at radius 3 is 2.69 bits per heavy atom. The molecule has 1 aromatic carbocycles. The summed E-state index contributed by atoms with van der Waals surface area (Å²) in [4.78, 5) is 0. The predicted molar refractivity (Wildman–Crippen MR) is 53.0 cm³/mol. The molecule has 1 N–H and O–H groups in total. The van der Waals surface area contributed by atoms with Crippen molar-refractivity contribution in [2.75, 3.05) is 7.11 Å². The summed E-state index contributed by atoms with van der Waals surface area (Å²) in [7, 11) is 1.63. The SMILES string of the molecule is CCC(O)c1cc(OC)ccc1C. The minimum atomic E-state index is -0.380. The molecule has 0 bridgehead atoms. The van der Waals surface area contributed by atoms with Gasteiger partial charge in [-0.15, -0.1) is 0 Å². The molecular weight excluding hydrogens is 164 g/mol. The zero-order valence-corrected chi connectivity index (χ0v) is 8.37. The molecule has 0 aliphatic carbocycles. The van der Waals surface area contributed by atoms with Crippen molar-refractivity contribution in [1.82, 2.24) is 0 Å². The molecule has 1 rings (SSSR count). The van der Waals surface area contributed by atoms with Gasteiger partial charge in [-0.25, -0.2) is 0 Å². The minimum Gasteiger partial charge on any atom is -0.497 e. The van der Waals surface area contributed by atoms with Gasteiger partial charge >= 0.3 is 0 Å². The molecule has 0 spiro atoms. The number of methoxy groups -OCH3 is 1. The molecule has 1 aromatic rings.